The normalized spacial score (nSPS) is 20.0. The standard InChI is InChI=1S/C40H52N4O5/c1-3-4-5-6-7-8-9-19-37(45)41-33-26-34-28-49-35-17-12-16-32(25-35)39(47)43(2)22-13-18-36(40(48)44(34)27-33)42-38(46)24-29-20-21-30-14-10-11-15-31(30)23-29/h10-12,14-17,20-21,23,25,33-34,36H,3-9,13,18-19,22,24,26-28H2,1-2H3,(H,41,45)(H,42,46)/t33-,34-,36-/m0/s1. The molecule has 0 spiro atoms. The van der Waals surface area contributed by atoms with Gasteiger partial charge in [-0.2, -0.15) is 0 Å². The molecule has 3 atom stereocenters. The maximum absolute atomic E-state index is 14.3. The average Bonchev–Trinajstić information content (AvgIpc) is 3.51. The highest BCUT2D eigenvalue weighted by molar-refractivity contribution is 5.94. The second-order valence-electron chi connectivity index (χ2n) is 13.7. The molecule has 4 amide bonds. The van der Waals surface area contributed by atoms with Crippen molar-refractivity contribution >= 4 is 34.4 Å². The van der Waals surface area contributed by atoms with E-state index in [0.29, 0.717) is 50.1 Å². The molecule has 0 aliphatic carbocycles. The van der Waals surface area contributed by atoms with E-state index < -0.39 is 6.04 Å². The number of fused-ring (bicyclic) bond motifs is 4. The Labute approximate surface area is 290 Å². The summed E-state index contributed by atoms with van der Waals surface area (Å²) in [5, 5.41) is 8.37. The smallest absolute Gasteiger partial charge is 0.253 e. The zero-order valence-corrected chi connectivity index (χ0v) is 29.1. The van der Waals surface area contributed by atoms with E-state index in [0.717, 1.165) is 35.6 Å². The minimum atomic E-state index is -0.776. The molecule has 262 valence electrons. The second kappa shape index (κ2) is 17.8. The Morgan fingerprint density at radius 3 is 2.45 bits per heavy atom. The Morgan fingerprint density at radius 2 is 1.63 bits per heavy atom. The quantitative estimate of drug-likeness (QED) is 0.229. The molecule has 1 saturated heterocycles. The van der Waals surface area contributed by atoms with E-state index in [-0.39, 0.29) is 48.7 Å². The van der Waals surface area contributed by atoms with Crippen molar-refractivity contribution in [2.24, 2.45) is 0 Å². The Bertz CT molecular complexity index is 1590. The van der Waals surface area contributed by atoms with Crippen LogP contribution in [0, 0.1) is 0 Å². The minimum Gasteiger partial charge on any atom is -0.491 e. The second-order valence-corrected chi connectivity index (χ2v) is 13.7. The number of rotatable bonds is 12. The van der Waals surface area contributed by atoms with Gasteiger partial charge < -0.3 is 25.2 Å². The highest BCUT2D eigenvalue weighted by Gasteiger charge is 2.39. The zero-order chi connectivity index (χ0) is 34.6. The van der Waals surface area contributed by atoms with Crippen molar-refractivity contribution in [1.82, 2.24) is 20.4 Å². The van der Waals surface area contributed by atoms with Crippen LogP contribution < -0.4 is 15.4 Å². The molecule has 2 bridgehead atoms. The number of unbranched alkanes of at least 4 members (excludes halogenated alkanes) is 6. The fourth-order valence-corrected chi connectivity index (χ4v) is 6.99. The molecule has 2 aliphatic heterocycles. The fraction of sp³-hybridized carbons (Fsp3) is 0.500. The summed E-state index contributed by atoms with van der Waals surface area (Å²) in [6.45, 7) is 3.20. The molecule has 1 fully saturated rings. The average molecular weight is 669 g/mol. The molecule has 9 heteroatoms. The zero-order valence-electron chi connectivity index (χ0n) is 29.1. The first-order valence-corrected chi connectivity index (χ1v) is 18.2. The fourth-order valence-electron chi connectivity index (χ4n) is 6.99. The first-order chi connectivity index (χ1) is 23.8. The summed E-state index contributed by atoms with van der Waals surface area (Å²) in [5.74, 6) is 0.00464. The summed E-state index contributed by atoms with van der Waals surface area (Å²) in [6, 6.07) is 19.8. The van der Waals surface area contributed by atoms with E-state index >= 15 is 0 Å². The van der Waals surface area contributed by atoms with Gasteiger partial charge in [-0.05, 0) is 60.2 Å². The third-order valence-corrected chi connectivity index (χ3v) is 9.74. The molecule has 0 radical (unpaired) electrons. The summed E-state index contributed by atoms with van der Waals surface area (Å²) in [7, 11) is 1.74. The van der Waals surface area contributed by atoms with Gasteiger partial charge >= 0.3 is 0 Å². The molecule has 0 saturated carbocycles. The van der Waals surface area contributed by atoms with E-state index in [1.165, 1.54) is 25.7 Å². The molecule has 2 aliphatic rings. The molecule has 0 unspecified atom stereocenters. The number of amides is 4. The summed E-state index contributed by atoms with van der Waals surface area (Å²) >= 11 is 0. The molecule has 9 nitrogen and oxygen atoms in total. The van der Waals surface area contributed by atoms with Gasteiger partial charge in [0, 0.05) is 38.2 Å². The monoisotopic (exact) mass is 668 g/mol. The van der Waals surface area contributed by atoms with Crippen molar-refractivity contribution in [3.8, 4) is 5.75 Å². The molecule has 2 heterocycles. The molecule has 5 rings (SSSR count). The van der Waals surface area contributed by atoms with Gasteiger partial charge in [0.05, 0.1) is 12.5 Å². The van der Waals surface area contributed by atoms with Crippen LogP contribution >= 0.6 is 0 Å². The van der Waals surface area contributed by atoms with E-state index in [4.69, 9.17) is 4.74 Å². The molecule has 0 aromatic heterocycles. The number of benzene rings is 3. The van der Waals surface area contributed by atoms with Crippen LogP contribution in [-0.2, 0) is 20.8 Å². The van der Waals surface area contributed by atoms with Crippen LogP contribution in [0.2, 0.25) is 0 Å². The van der Waals surface area contributed by atoms with E-state index in [2.05, 4.69) is 17.6 Å². The number of nitrogens with zero attached hydrogens (tertiary/aromatic N) is 2. The number of ether oxygens (including phenoxy) is 1. The van der Waals surface area contributed by atoms with Gasteiger partial charge in [0.2, 0.25) is 17.7 Å². The Hall–Kier alpha value is -4.40. The van der Waals surface area contributed by atoms with Crippen molar-refractivity contribution in [2.45, 2.75) is 102 Å². The van der Waals surface area contributed by atoms with Crippen molar-refractivity contribution in [1.29, 1.82) is 0 Å². The van der Waals surface area contributed by atoms with E-state index in [1.807, 2.05) is 42.5 Å². The Morgan fingerprint density at radius 1 is 0.857 bits per heavy atom. The lowest BCUT2D eigenvalue weighted by atomic mass is 10.0. The van der Waals surface area contributed by atoms with Crippen LogP contribution in [0.1, 0.15) is 93.5 Å². The van der Waals surface area contributed by atoms with Gasteiger partial charge in [-0.15, -0.1) is 0 Å². The van der Waals surface area contributed by atoms with Gasteiger partial charge in [0.15, 0.2) is 0 Å². The molecule has 3 aromatic carbocycles. The maximum atomic E-state index is 14.3. The number of nitrogens with one attached hydrogen (secondary N) is 2. The maximum Gasteiger partial charge on any atom is 0.253 e. The highest BCUT2D eigenvalue weighted by atomic mass is 16.5. The number of carbonyl (C=O) groups excluding carboxylic acids is 4. The molecule has 3 aromatic rings. The summed E-state index contributed by atoms with van der Waals surface area (Å²) in [5.41, 5.74) is 1.40. The number of carbonyl (C=O) groups is 4. The number of hydrogen-bond donors (Lipinski definition) is 2. The highest BCUT2D eigenvalue weighted by Crippen LogP contribution is 2.24. The third-order valence-electron chi connectivity index (χ3n) is 9.74. The Kier molecular flexibility index (Phi) is 13.1. The van der Waals surface area contributed by atoms with Gasteiger partial charge in [-0.3, -0.25) is 19.2 Å². The van der Waals surface area contributed by atoms with E-state index in [1.54, 1.807) is 41.1 Å². The summed E-state index contributed by atoms with van der Waals surface area (Å²) in [4.78, 5) is 57.3. The molecular weight excluding hydrogens is 616 g/mol. The lowest BCUT2D eigenvalue weighted by Gasteiger charge is -2.30. The molecule has 2 N–H and O–H groups in total. The van der Waals surface area contributed by atoms with Crippen LogP contribution in [0.25, 0.3) is 10.8 Å². The van der Waals surface area contributed by atoms with Gasteiger partial charge in [-0.25, -0.2) is 0 Å². The topological polar surface area (TPSA) is 108 Å². The predicted molar refractivity (Wildman–Crippen MR) is 192 cm³/mol. The third kappa shape index (κ3) is 10.3. The van der Waals surface area contributed by atoms with Crippen molar-refractivity contribution in [2.75, 3.05) is 26.7 Å². The minimum absolute atomic E-state index is 0.00732. The van der Waals surface area contributed by atoms with Crippen LogP contribution in [0.5, 0.6) is 5.75 Å². The van der Waals surface area contributed by atoms with E-state index in [9.17, 15) is 19.2 Å². The lowest BCUT2D eigenvalue weighted by Crippen LogP contribution is -2.52. The van der Waals surface area contributed by atoms with Gasteiger partial charge in [0.25, 0.3) is 5.91 Å². The number of hydrogen-bond acceptors (Lipinski definition) is 5. The van der Waals surface area contributed by atoms with Crippen molar-refractivity contribution in [3.05, 3.63) is 77.9 Å². The van der Waals surface area contributed by atoms with Gasteiger partial charge in [-0.1, -0.05) is 94.0 Å². The Balaban J connectivity index is 1.28. The van der Waals surface area contributed by atoms with Crippen molar-refractivity contribution in [3.63, 3.8) is 0 Å². The predicted octanol–water partition coefficient (Wildman–Crippen LogP) is 6.04. The first kappa shape index (κ1) is 35.9. The lowest BCUT2D eigenvalue weighted by molar-refractivity contribution is -0.138. The van der Waals surface area contributed by atoms with Crippen LogP contribution in [-0.4, -0.2) is 78.3 Å². The van der Waals surface area contributed by atoms with Crippen molar-refractivity contribution < 1.29 is 23.9 Å². The first-order valence-electron chi connectivity index (χ1n) is 18.2. The van der Waals surface area contributed by atoms with Crippen LogP contribution in [0.4, 0.5) is 0 Å². The summed E-state index contributed by atoms with van der Waals surface area (Å²) in [6.07, 6.45) is 10.1. The van der Waals surface area contributed by atoms with Gasteiger partial charge in [0.1, 0.15) is 18.4 Å². The van der Waals surface area contributed by atoms with Crippen LogP contribution in [0.3, 0.4) is 0 Å². The SMILES string of the molecule is CCCCCCCCCC(=O)N[C@H]1C[C@H]2COc3cccc(c3)C(=O)N(C)CCC[C@H](NC(=O)Cc3ccc4ccccc4c3)C(=O)N2C1. The molecular formula is C40H52N4O5. The van der Waals surface area contributed by atoms with Crippen LogP contribution in [0.15, 0.2) is 66.7 Å². The summed E-state index contributed by atoms with van der Waals surface area (Å²) < 4.78 is 6.18. The molecule has 49 heavy (non-hydrogen) atoms. The largest absolute Gasteiger partial charge is 0.491 e.